The molecule has 0 radical (unpaired) electrons. The zero-order valence-corrected chi connectivity index (χ0v) is 12.6. The molecule has 23 heavy (non-hydrogen) atoms. The van der Waals surface area contributed by atoms with Gasteiger partial charge in [-0.05, 0) is 30.3 Å². The van der Waals surface area contributed by atoms with Gasteiger partial charge in [0.1, 0.15) is 11.6 Å². The Morgan fingerprint density at radius 3 is 2.87 bits per heavy atom. The van der Waals surface area contributed by atoms with Gasteiger partial charge >= 0.3 is 0 Å². The molecule has 6 heteroatoms. The lowest BCUT2D eigenvalue weighted by Crippen LogP contribution is -2.35. The van der Waals surface area contributed by atoms with E-state index in [2.05, 4.69) is 14.9 Å². The Morgan fingerprint density at radius 2 is 2.09 bits per heavy atom. The van der Waals surface area contributed by atoms with Crippen molar-refractivity contribution in [2.45, 2.75) is 6.54 Å². The van der Waals surface area contributed by atoms with Crippen LogP contribution in [0.25, 0.3) is 22.4 Å². The lowest BCUT2D eigenvalue weighted by molar-refractivity contribution is 0.0332. The minimum absolute atomic E-state index is 0.331. The molecular formula is C17H17N3O3. The molecule has 1 fully saturated rings. The summed E-state index contributed by atoms with van der Waals surface area (Å²) in [6.07, 6.45) is 0.707. The first-order valence-electron chi connectivity index (χ1n) is 7.66. The van der Waals surface area contributed by atoms with Crippen LogP contribution in [0, 0.1) is 0 Å². The van der Waals surface area contributed by atoms with Gasteiger partial charge in [0, 0.05) is 18.7 Å². The highest BCUT2D eigenvalue weighted by molar-refractivity contribution is 5.81. The number of hydrogen-bond acceptors (Lipinski definition) is 5. The van der Waals surface area contributed by atoms with Crippen molar-refractivity contribution in [3.05, 3.63) is 41.9 Å². The minimum atomic E-state index is 0.331. The molecule has 0 amide bonds. The Balaban J connectivity index is 1.59. The van der Waals surface area contributed by atoms with E-state index in [1.54, 1.807) is 12.1 Å². The summed E-state index contributed by atoms with van der Waals surface area (Å²) in [5.74, 6) is 1.96. The van der Waals surface area contributed by atoms with Gasteiger partial charge in [0.2, 0.25) is 0 Å². The first-order chi connectivity index (χ1) is 11.3. The SMILES string of the molecule is O=Cc1ccc(-c2ccc3nc(CN4CCOCC4)[nH]c3c2)o1. The van der Waals surface area contributed by atoms with Crippen LogP contribution in [0.15, 0.2) is 34.7 Å². The fourth-order valence-corrected chi connectivity index (χ4v) is 2.83. The van der Waals surface area contributed by atoms with Crippen molar-refractivity contribution in [2.24, 2.45) is 0 Å². The van der Waals surface area contributed by atoms with Crippen LogP contribution in [-0.2, 0) is 11.3 Å². The van der Waals surface area contributed by atoms with Crippen molar-refractivity contribution in [1.82, 2.24) is 14.9 Å². The number of aromatic nitrogens is 2. The summed E-state index contributed by atoms with van der Waals surface area (Å²) in [5.41, 5.74) is 2.82. The summed E-state index contributed by atoms with van der Waals surface area (Å²) in [7, 11) is 0. The summed E-state index contributed by atoms with van der Waals surface area (Å²) in [5, 5.41) is 0. The van der Waals surface area contributed by atoms with Crippen LogP contribution < -0.4 is 0 Å². The molecular weight excluding hydrogens is 294 g/mol. The number of ether oxygens (including phenoxy) is 1. The maximum atomic E-state index is 10.7. The molecule has 1 aliphatic heterocycles. The van der Waals surface area contributed by atoms with Crippen LogP contribution in [0.2, 0.25) is 0 Å². The highest BCUT2D eigenvalue weighted by Gasteiger charge is 2.13. The molecule has 0 atom stereocenters. The van der Waals surface area contributed by atoms with E-state index >= 15 is 0 Å². The van der Waals surface area contributed by atoms with Crippen molar-refractivity contribution >= 4 is 17.3 Å². The standard InChI is InChI=1S/C17H17N3O3/c21-11-13-2-4-16(23-13)12-1-3-14-15(9-12)19-17(18-14)10-20-5-7-22-8-6-20/h1-4,9,11H,5-8,10H2,(H,18,19). The Bertz CT molecular complexity index is 831. The second-order valence-electron chi connectivity index (χ2n) is 5.62. The second-order valence-corrected chi connectivity index (χ2v) is 5.62. The van der Waals surface area contributed by atoms with E-state index in [9.17, 15) is 4.79 Å². The Morgan fingerprint density at radius 1 is 1.22 bits per heavy atom. The van der Waals surface area contributed by atoms with E-state index in [-0.39, 0.29) is 0 Å². The van der Waals surface area contributed by atoms with Crippen LogP contribution in [0.5, 0.6) is 0 Å². The molecule has 1 saturated heterocycles. The summed E-state index contributed by atoms with van der Waals surface area (Å²) < 4.78 is 10.8. The van der Waals surface area contributed by atoms with Gasteiger partial charge in [-0.3, -0.25) is 9.69 Å². The summed E-state index contributed by atoms with van der Waals surface area (Å²) in [4.78, 5) is 21.1. The number of carbonyl (C=O) groups is 1. The number of carbonyl (C=O) groups excluding carboxylic acids is 1. The largest absolute Gasteiger partial charge is 0.453 e. The van der Waals surface area contributed by atoms with Crippen molar-refractivity contribution in [3.63, 3.8) is 0 Å². The number of imidazole rings is 1. The maximum Gasteiger partial charge on any atom is 0.185 e. The summed E-state index contributed by atoms with van der Waals surface area (Å²) in [6, 6.07) is 9.39. The normalized spacial score (nSPS) is 16.0. The molecule has 0 bridgehead atoms. The van der Waals surface area contributed by atoms with Gasteiger partial charge in [-0.15, -0.1) is 0 Å². The van der Waals surface area contributed by atoms with Gasteiger partial charge in [0.25, 0.3) is 0 Å². The molecule has 3 heterocycles. The van der Waals surface area contributed by atoms with Crippen LogP contribution >= 0.6 is 0 Å². The minimum Gasteiger partial charge on any atom is -0.453 e. The van der Waals surface area contributed by atoms with E-state index < -0.39 is 0 Å². The number of aldehydes is 1. The van der Waals surface area contributed by atoms with Crippen molar-refractivity contribution in [1.29, 1.82) is 0 Å². The number of nitrogens with zero attached hydrogens (tertiary/aromatic N) is 2. The molecule has 1 aromatic carbocycles. The van der Waals surface area contributed by atoms with Gasteiger partial charge in [0.15, 0.2) is 12.0 Å². The van der Waals surface area contributed by atoms with Crippen LogP contribution in [-0.4, -0.2) is 47.5 Å². The number of rotatable bonds is 4. The smallest absolute Gasteiger partial charge is 0.185 e. The lowest BCUT2D eigenvalue weighted by atomic mass is 10.1. The average molecular weight is 311 g/mol. The number of nitrogens with one attached hydrogen (secondary N) is 1. The van der Waals surface area contributed by atoms with E-state index in [1.807, 2.05) is 18.2 Å². The quantitative estimate of drug-likeness (QED) is 0.749. The number of fused-ring (bicyclic) bond motifs is 1. The molecule has 0 unspecified atom stereocenters. The molecule has 1 N–H and O–H groups in total. The van der Waals surface area contributed by atoms with Gasteiger partial charge in [-0.1, -0.05) is 0 Å². The first-order valence-corrected chi connectivity index (χ1v) is 7.66. The third-order valence-electron chi connectivity index (χ3n) is 4.04. The molecule has 2 aromatic heterocycles. The van der Waals surface area contributed by atoms with E-state index in [1.165, 1.54) is 0 Å². The molecule has 0 saturated carbocycles. The van der Waals surface area contributed by atoms with Crippen molar-refractivity contribution in [2.75, 3.05) is 26.3 Å². The van der Waals surface area contributed by atoms with E-state index in [0.717, 1.165) is 55.3 Å². The first kappa shape index (κ1) is 14.2. The average Bonchev–Trinajstić information content (AvgIpc) is 3.21. The maximum absolute atomic E-state index is 10.7. The number of H-pyrrole nitrogens is 1. The number of aromatic amines is 1. The fourth-order valence-electron chi connectivity index (χ4n) is 2.83. The second kappa shape index (κ2) is 5.98. The Kier molecular flexibility index (Phi) is 3.69. The summed E-state index contributed by atoms with van der Waals surface area (Å²) in [6.45, 7) is 4.22. The topological polar surface area (TPSA) is 71.4 Å². The molecule has 0 spiro atoms. The monoisotopic (exact) mass is 311 g/mol. The zero-order valence-electron chi connectivity index (χ0n) is 12.6. The predicted molar refractivity (Wildman–Crippen MR) is 85.3 cm³/mol. The third-order valence-corrected chi connectivity index (χ3v) is 4.04. The van der Waals surface area contributed by atoms with Gasteiger partial charge in [-0.2, -0.15) is 0 Å². The van der Waals surface area contributed by atoms with E-state index in [4.69, 9.17) is 9.15 Å². The van der Waals surface area contributed by atoms with Crippen LogP contribution in [0.3, 0.4) is 0 Å². The number of morpholine rings is 1. The highest BCUT2D eigenvalue weighted by atomic mass is 16.5. The lowest BCUT2D eigenvalue weighted by Gasteiger charge is -2.25. The Hall–Kier alpha value is -2.44. The molecule has 3 aromatic rings. The molecule has 6 nitrogen and oxygen atoms in total. The number of benzene rings is 1. The molecule has 4 rings (SSSR count). The number of furan rings is 1. The fraction of sp³-hybridized carbons (Fsp3) is 0.294. The third kappa shape index (κ3) is 2.91. The van der Waals surface area contributed by atoms with Crippen molar-refractivity contribution < 1.29 is 13.9 Å². The zero-order chi connectivity index (χ0) is 15.6. The van der Waals surface area contributed by atoms with Crippen LogP contribution in [0.4, 0.5) is 0 Å². The molecule has 118 valence electrons. The molecule has 1 aliphatic rings. The van der Waals surface area contributed by atoms with Crippen molar-refractivity contribution in [3.8, 4) is 11.3 Å². The molecule has 0 aliphatic carbocycles. The van der Waals surface area contributed by atoms with Gasteiger partial charge in [0.05, 0.1) is 30.8 Å². The van der Waals surface area contributed by atoms with Crippen LogP contribution in [0.1, 0.15) is 16.4 Å². The predicted octanol–water partition coefficient (Wildman–Crippen LogP) is 2.47. The summed E-state index contributed by atoms with van der Waals surface area (Å²) >= 11 is 0. The van der Waals surface area contributed by atoms with E-state index in [0.29, 0.717) is 17.8 Å². The van der Waals surface area contributed by atoms with Gasteiger partial charge in [-0.25, -0.2) is 4.98 Å². The van der Waals surface area contributed by atoms with Gasteiger partial charge < -0.3 is 14.1 Å². The Labute approximate surface area is 133 Å². The number of hydrogen-bond donors (Lipinski definition) is 1. The highest BCUT2D eigenvalue weighted by Crippen LogP contribution is 2.25.